The molecule has 3 heteroatoms. The Hall–Kier alpha value is -0.830. The molecule has 1 N–H and O–H groups in total. The molecule has 0 amide bonds. The Morgan fingerprint density at radius 2 is 2.31 bits per heavy atom. The minimum absolute atomic E-state index is 0.665. The minimum Gasteiger partial charge on any atom is -0.348 e. The van der Waals surface area contributed by atoms with E-state index in [-0.39, 0.29) is 0 Å². The number of hydrogen-bond acceptors (Lipinski definition) is 2. The average Bonchev–Trinajstić information content (AvgIpc) is 2.71. The van der Waals surface area contributed by atoms with Crippen LogP contribution in [0.25, 0.3) is 0 Å². The van der Waals surface area contributed by atoms with E-state index in [1.807, 2.05) is 12.4 Å². The van der Waals surface area contributed by atoms with Crippen molar-refractivity contribution in [2.24, 2.45) is 0 Å². The van der Waals surface area contributed by atoms with Crippen molar-refractivity contribution in [3.8, 4) is 0 Å². The fourth-order valence-corrected chi connectivity index (χ4v) is 2.02. The molecule has 2 rings (SSSR count). The summed E-state index contributed by atoms with van der Waals surface area (Å²) in [5.41, 5.74) is 0. The molecule has 1 saturated heterocycles. The SMILES string of the molecule is CCN1CCC(c2ncc[nH]2)CC1. The standard InChI is InChI=1S/C10H17N3/c1-2-13-7-3-9(4-8-13)10-11-5-6-12-10/h5-6,9H,2-4,7-8H2,1H3,(H,11,12). The van der Waals surface area contributed by atoms with Gasteiger partial charge < -0.3 is 9.88 Å². The smallest absolute Gasteiger partial charge is 0.109 e. The number of likely N-dealkylation sites (tertiary alicyclic amines) is 1. The second-order valence-electron chi connectivity index (χ2n) is 3.68. The van der Waals surface area contributed by atoms with Crippen molar-refractivity contribution < 1.29 is 0 Å². The highest BCUT2D eigenvalue weighted by atomic mass is 15.1. The molecule has 1 fully saturated rings. The Balaban J connectivity index is 1.92. The van der Waals surface area contributed by atoms with Crippen LogP contribution in [0.1, 0.15) is 31.5 Å². The number of rotatable bonds is 2. The van der Waals surface area contributed by atoms with E-state index in [2.05, 4.69) is 21.8 Å². The van der Waals surface area contributed by atoms with Gasteiger partial charge in [0, 0.05) is 18.3 Å². The zero-order chi connectivity index (χ0) is 9.10. The van der Waals surface area contributed by atoms with E-state index in [9.17, 15) is 0 Å². The quantitative estimate of drug-likeness (QED) is 0.748. The molecule has 13 heavy (non-hydrogen) atoms. The molecule has 0 aromatic carbocycles. The lowest BCUT2D eigenvalue weighted by molar-refractivity contribution is 0.219. The van der Waals surface area contributed by atoms with Crippen molar-refractivity contribution in [3.05, 3.63) is 18.2 Å². The van der Waals surface area contributed by atoms with Gasteiger partial charge in [-0.05, 0) is 32.5 Å². The highest BCUT2D eigenvalue weighted by Gasteiger charge is 2.20. The van der Waals surface area contributed by atoms with Gasteiger partial charge in [-0.3, -0.25) is 0 Å². The van der Waals surface area contributed by atoms with Crippen LogP contribution < -0.4 is 0 Å². The maximum absolute atomic E-state index is 4.32. The van der Waals surface area contributed by atoms with Crippen LogP contribution in [-0.4, -0.2) is 34.5 Å². The highest BCUT2D eigenvalue weighted by molar-refractivity contribution is 4.98. The van der Waals surface area contributed by atoms with Crippen LogP contribution in [-0.2, 0) is 0 Å². The zero-order valence-corrected chi connectivity index (χ0v) is 8.16. The first-order valence-electron chi connectivity index (χ1n) is 5.11. The van der Waals surface area contributed by atoms with Crippen molar-refractivity contribution in [1.82, 2.24) is 14.9 Å². The molecule has 0 radical (unpaired) electrons. The molecule has 0 aliphatic carbocycles. The van der Waals surface area contributed by atoms with Crippen molar-refractivity contribution in [1.29, 1.82) is 0 Å². The van der Waals surface area contributed by atoms with Gasteiger partial charge in [0.1, 0.15) is 5.82 Å². The summed E-state index contributed by atoms with van der Waals surface area (Å²) in [6, 6.07) is 0. The molecular weight excluding hydrogens is 162 g/mol. The van der Waals surface area contributed by atoms with E-state index < -0.39 is 0 Å². The van der Waals surface area contributed by atoms with Gasteiger partial charge >= 0.3 is 0 Å². The molecule has 3 nitrogen and oxygen atoms in total. The third-order valence-corrected chi connectivity index (χ3v) is 2.94. The Morgan fingerprint density at radius 3 is 2.85 bits per heavy atom. The van der Waals surface area contributed by atoms with Gasteiger partial charge in [-0.1, -0.05) is 6.92 Å². The van der Waals surface area contributed by atoms with Gasteiger partial charge in [-0.2, -0.15) is 0 Å². The number of nitrogens with zero attached hydrogens (tertiary/aromatic N) is 2. The first-order valence-corrected chi connectivity index (χ1v) is 5.11. The number of aromatic nitrogens is 2. The molecule has 1 aliphatic heterocycles. The summed E-state index contributed by atoms with van der Waals surface area (Å²) in [6.45, 7) is 5.86. The second kappa shape index (κ2) is 3.92. The topological polar surface area (TPSA) is 31.9 Å². The van der Waals surface area contributed by atoms with Gasteiger partial charge in [-0.25, -0.2) is 4.98 Å². The summed E-state index contributed by atoms with van der Waals surface area (Å²) < 4.78 is 0. The Labute approximate surface area is 79.2 Å². The Morgan fingerprint density at radius 1 is 1.54 bits per heavy atom. The number of piperidine rings is 1. The number of imidazole rings is 1. The third-order valence-electron chi connectivity index (χ3n) is 2.94. The van der Waals surface area contributed by atoms with Gasteiger partial charge in [0.05, 0.1) is 0 Å². The summed E-state index contributed by atoms with van der Waals surface area (Å²) in [6.07, 6.45) is 6.27. The first kappa shape index (κ1) is 8.75. The molecule has 0 spiro atoms. The first-order chi connectivity index (χ1) is 6.40. The van der Waals surface area contributed by atoms with Crippen LogP contribution in [0.5, 0.6) is 0 Å². The van der Waals surface area contributed by atoms with E-state index in [1.54, 1.807) is 0 Å². The van der Waals surface area contributed by atoms with E-state index in [0.29, 0.717) is 5.92 Å². The molecular formula is C10H17N3. The lowest BCUT2D eigenvalue weighted by Crippen LogP contribution is -2.32. The average molecular weight is 179 g/mol. The molecule has 0 saturated carbocycles. The molecule has 1 aromatic heterocycles. The molecule has 2 heterocycles. The highest BCUT2D eigenvalue weighted by Crippen LogP contribution is 2.24. The van der Waals surface area contributed by atoms with Gasteiger partial charge in [0.25, 0.3) is 0 Å². The summed E-state index contributed by atoms with van der Waals surface area (Å²) >= 11 is 0. The number of nitrogens with one attached hydrogen (secondary N) is 1. The zero-order valence-electron chi connectivity index (χ0n) is 8.16. The van der Waals surface area contributed by atoms with Crippen LogP contribution >= 0.6 is 0 Å². The lowest BCUT2D eigenvalue weighted by atomic mass is 9.96. The summed E-state index contributed by atoms with van der Waals surface area (Å²) in [5, 5.41) is 0. The van der Waals surface area contributed by atoms with Gasteiger partial charge in [0.2, 0.25) is 0 Å². The van der Waals surface area contributed by atoms with Crippen LogP contribution in [0.2, 0.25) is 0 Å². The molecule has 1 aromatic rings. The second-order valence-corrected chi connectivity index (χ2v) is 3.68. The molecule has 1 aliphatic rings. The van der Waals surface area contributed by atoms with Crippen LogP contribution in [0.4, 0.5) is 0 Å². The van der Waals surface area contributed by atoms with E-state index >= 15 is 0 Å². The Bertz CT molecular complexity index is 235. The van der Waals surface area contributed by atoms with E-state index in [0.717, 1.165) is 0 Å². The summed E-state index contributed by atoms with van der Waals surface area (Å²) in [5.74, 6) is 1.84. The summed E-state index contributed by atoms with van der Waals surface area (Å²) in [7, 11) is 0. The molecule has 0 unspecified atom stereocenters. The van der Waals surface area contributed by atoms with Crippen LogP contribution in [0.3, 0.4) is 0 Å². The Kier molecular flexibility index (Phi) is 2.64. The number of aromatic amines is 1. The van der Waals surface area contributed by atoms with Crippen molar-refractivity contribution >= 4 is 0 Å². The van der Waals surface area contributed by atoms with Gasteiger partial charge in [-0.15, -0.1) is 0 Å². The third kappa shape index (κ3) is 1.91. The predicted octanol–water partition coefficient (Wildman–Crippen LogP) is 1.61. The van der Waals surface area contributed by atoms with Crippen molar-refractivity contribution in [2.75, 3.05) is 19.6 Å². The number of H-pyrrole nitrogens is 1. The fraction of sp³-hybridized carbons (Fsp3) is 0.700. The monoisotopic (exact) mass is 179 g/mol. The van der Waals surface area contributed by atoms with Crippen LogP contribution in [0, 0.1) is 0 Å². The maximum atomic E-state index is 4.32. The van der Waals surface area contributed by atoms with E-state index in [4.69, 9.17) is 0 Å². The molecule has 0 atom stereocenters. The maximum Gasteiger partial charge on any atom is 0.109 e. The van der Waals surface area contributed by atoms with Crippen LogP contribution in [0.15, 0.2) is 12.4 Å². The molecule has 72 valence electrons. The predicted molar refractivity (Wildman–Crippen MR) is 52.7 cm³/mol. The lowest BCUT2D eigenvalue weighted by Gasteiger charge is -2.29. The van der Waals surface area contributed by atoms with Gasteiger partial charge in [0.15, 0.2) is 0 Å². The van der Waals surface area contributed by atoms with E-state index in [1.165, 1.54) is 38.3 Å². The normalized spacial score (nSPS) is 20.7. The van der Waals surface area contributed by atoms with Crippen molar-refractivity contribution in [2.45, 2.75) is 25.7 Å². The molecule has 0 bridgehead atoms. The summed E-state index contributed by atoms with van der Waals surface area (Å²) in [4.78, 5) is 10.0. The minimum atomic E-state index is 0.665. The fourth-order valence-electron chi connectivity index (χ4n) is 2.02. The van der Waals surface area contributed by atoms with Crippen molar-refractivity contribution in [3.63, 3.8) is 0 Å². The largest absolute Gasteiger partial charge is 0.348 e. The number of hydrogen-bond donors (Lipinski definition) is 1.